The summed E-state index contributed by atoms with van der Waals surface area (Å²) in [5.74, 6) is 0.0471. The maximum atomic E-state index is 12.0. The van der Waals surface area contributed by atoms with Crippen LogP contribution in [0.4, 0.5) is 0 Å². The van der Waals surface area contributed by atoms with Crippen LogP contribution in [0.1, 0.15) is 32.6 Å². The molecule has 0 atom stereocenters. The smallest absolute Gasteiger partial charge is 0.308 e. The van der Waals surface area contributed by atoms with Gasteiger partial charge in [0.15, 0.2) is 0 Å². The van der Waals surface area contributed by atoms with Crippen LogP contribution in [-0.4, -0.2) is 62.1 Å². The number of nitrogens with one attached hydrogen (secondary N) is 2. The fourth-order valence-electron chi connectivity index (χ4n) is 3.08. The number of amides is 1. The predicted molar refractivity (Wildman–Crippen MR) is 79.8 cm³/mol. The largest absolute Gasteiger partial charge is 0.466 e. The van der Waals surface area contributed by atoms with Gasteiger partial charge in [-0.05, 0) is 32.6 Å². The van der Waals surface area contributed by atoms with Crippen LogP contribution in [0.2, 0.25) is 0 Å². The lowest BCUT2D eigenvalue weighted by Crippen LogP contribution is -2.49. The molecule has 0 bridgehead atoms. The Hall–Kier alpha value is -1.14. The van der Waals surface area contributed by atoms with Gasteiger partial charge in [0.1, 0.15) is 0 Å². The van der Waals surface area contributed by atoms with Crippen LogP contribution in [0, 0.1) is 5.92 Å². The average molecular weight is 297 g/mol. The lowest BCUT2D eigenvalue weighted by atomic mass is 9.86. The fraction of sp³-hybridized carbons (Fsp3) is 0.867. The van der Waals surface area contributed by atoms with Crippen LogP contribution < -0.4 is 10.6 Å². The minimum atomic E-state index is -0.0805. The molecule has 2 rings (SSSR count). The van der Waals surface area contributed by atoms with E-state index in [1.807, 2.05) is 6.92 Å². The van der Waals surface area contributed by atoms with Crippen LogP contribution in [0.25, 0.3) is 0 Å². The highest BCUT2D eigenvalue weighted by atomic mass is 16.5. The summed E-state index contributed by atoms with van der Waals surface area (Å²) in [5, 5.41) is 6.38. The van der Waals surface area contributed by atoms with E-state index in [1.165, 1.54) is 0 Å². The molecule has 0 aromatic carbocycles. The maximum absolute atomic E-state index is 12.0. The molecule has 2 fully saturated rings. The Labute approximate surface area is 126 Å². The summed E-state index contributed by atoms with van der Waals surface area (Å²) in [6, 6.07) is 0.214. The number of carbonyl (C=O) groups excluding carboxylic acids is 2. The highest BCUT2D eigenvalue weighted by Gasteiger charge is 2.28. The standard InChI is InChI=1S/C15H27N3O3/c1-2-21-15(20)12-3-5-13(6-4-12)17-14(19)11-18-9-7-16-8-10-18/h12-13,16H,2-11H2,1H3,(H,17,19). The van der Waals surface area contributed by atoms with Crippen LogP contribution >= 0.6 is 0 Å². The van der Waals surface area contributed by atoms with E-state index in [-0.39, 0.29) is 23.8 Å². The Kier molecular flexibility index (Phi) is 6.45. The zero-order valence-electron chi connectivity index (χ0n) is 12.9. The van der Waals surface area contributed by atoms with Gasteiger partial charge in [0.25, 0.3) is 0 Å². The third-order valence-corrected chi connectivity index (χ3v) is 4.29. The van der Waals surface area contributed by atoms with Crippen molar-refractivity contribution >= 4 is 11.9 Å². The van der Waals surface area contributed by atoms with Gasteiger partial charge in [-0.15, -0.1) is 0 Å². The molecular weight excluding hydrogens is 270 g/mol. The first kappa shape index (κ1) is 16.2. The van der Waals surface area contributed by atoms with Crippen molar-refractivity contribution in [2.24, 2.45) is 5.92 Å². The van der Waals surface area contributed by atoms with Gasteiger partial charge in [-0.1, -0.05) is 0 Å². The van der Waals surface area contributed by atoms with Gasteiger partial charge in [0.2, 0.25) is 5.91 Å². The van der Waals surface area contributed by atoms with Gasteiger partial charge >= 0.3 is 5.97 Å². The summed E-state index contributed by atoms with van der Waals surface area (Å²) in [5.41, 5.74) is 0. The van der Waals surface area contributed by atoms with Crippen LogP contribution in [0.5, 0.6) is 0 Å². The van der Waals surface area contributed by atoms with Gasteiger partial charge < -0.3 is 15.4 Å². The first-order valence-electron chi connectivity index (χ1n) is 8.08. The molecule has 1 saturated carbocycles. The fourth-order valence-corrected chi connectivity index (χ4v) is 3.08. The first-order valence-corrected chi connectivity index (χ1v) is 8.08. The second kappa shape index (κ2) is 8.34. The van der Waals surface area contributed by atoms with E-state index in [2.05, 4.69) is 15.5 Å². The number of hydrogen-bond acceptors (Lipinski definition) is 5. The summed E-state index contributed by atoms with van der Waals surface area (Å²) in [7, 11) is 0. The third-order valence-electron chi connectivity index (χ3n) is 4.29. The molecule has 1 saturated heterocycles. The van der Waals surface area contributed by atoms with Crippen molar-refractivity contribution in [1.82, 2.24) is 15.5 Å². The van der Waals surface area contributed by atoms with Crippen LogP contribution in [-0.2, 0) is 14.3 Å². The van der Waals surface area contributed by atoms with Gasteiger partial charge in [0, 0.05) is 32.2 Å². The van der Waals surface area contributed by atoms with E-state index >= 15 is 0 Å². The highest BCUT2D eigenvalue weighted by molar-refractivity contribution is 5.78. The minimum Gasteiger partial charge on any atom is -0.466 e. The summed E-state index contributed by atoms with van der Waals surface area (Å²) in [6.45, 7) is 6.54. The number of piperazine rings is 1. The lowest BCUT2D eigenvalue weighted by Gasteiger charge is -2.30. The predicted octanol–water partition coefficient (Wildman–Crippen LogP) is 0.130. The Morgan fingerprint density at radius 2 is 1.86 bits per heavy atom. The summed E-state index contributed by atoms with van der Waals surface area (Å²) < 4.78 is 5.06. The zero-order chi connectivity index (χ0) is 15.1. The van der Waals surface area contributed by atoms with Gasteiger partial charge in [-0.2, -0.15) is 0 Å². The van der Waals surface area contributed by atoms with Crippen molar-refractivity contribution in [2.45, 2.75) is 38.6 Å². The number of nitrogens with zero attached hydrogens (tertiary/aromatic N) is 1. The van der Waals surface area contributed by atoms with E-state index in [0.29, 0.717) is 13.2 Å². The Balaban J connectivity index is 1.65. The highest BCUT2D eigenvalue weighted by Crippen LogP contribution is 2.25. The van der Waals surface area contributed by atoms with Crippen molar-refractivity contribution in [2.75, 3.05) is 39.3 Å². The zero-order valence-corrected chi connectivity index (χ0v) is 12.9. The number of rotatable bonds is 5. The Morgan fingerprint density at radius 1 is 1.19 bits per heavy atom. The van der Waals surface area contributed by atoms with E-state index < -0.39 is 0 Å². The van der Waals surface area contributed by atoms with E-state index in [0.717, 1.165) is 51.9 Å². The van der Waals surface area contributed by atoms with E-state index in [1.54, 1.807) is 0 Å². The molecule has 6 heteroatoms. The number of ether oxygens (including phenoxy) is 1. The number of esters is 1. The molecule has 0 aromatic rings. The van der Waals surface area contributed by atoms with Crippen molar-refractivity contribution in [3.05, 3.63) is 0 Å². The first-order chi connectivity index (χ1) is 10.2. The van der Waals surface area contributed by atoms with E-state index in [4.69, 9.17) is 4.74 Å². The van der Waals surface area contributed by atoms with Crippen molar-refractivity contribution in [1.29, 1.82) is 0 Å². The number of hydrogen-bond donors (Lipinski definition) is 2. The summed E-state index contributed by atoms with van der Waals surface area (Å²) in [6.07, 6.45) is 3.38. The maximum Gasteiger partial charge on any atom is 0.308 e. The topological polar surface area (TPSA) is 70.7 Å². The molecule has 120 valence electrons. The molecular formula is C15H27N3O3. The van der Waals surface area contributed by atoms with Crippen molar-refractivity contribution in [3.63, 3.8) is 0 Å². The van der Waals surface area contributed by atoms with Crippen molar-refractivity contribution in [3.8, 4) is 0 Å². The minimum absolute atomic E-state index is 0.0197. The molecule has 0 unspecified atom stereocenters. The summed E-state index contributed by atoms with van der Waals surface area (Å²) in [4.78, 5) is 25.9. The Morgan fingerprint density at radius 3 is 2.48 bits per heavy atom. The SMILES string of the molecule is CCOC(=O)C1CCC(NC(=O)CN2CCNCC2)CC1. The van der Waals surface area contributed by atoms with E-state index in [9.17, 15) is 9.59 Å². The van der Waals surface area contributed by atoms with Gasteiger partial charge in [-0.25, -0.2) is 0 Å². The molecule has 0 spiro atoms. The second-order valence-electron chi connectivity index (χ2n) is 5.89. The normalized spacial score (nSPS) is 27.1. The molecule has 1 aliphatic carbocycles. The molecule has 1 aliphatic heterocycles. The molecule has 21 heavy (non-hydrogen) atoms. The molecule has 1 amide bonds. The van der Waals surface area contributed by atoms with Crippen LogP contribution in [0.3, 0.4) is 0 Å². The van der Waals surface area contributed by atoms with Crippen LogP contribution in [0.15, 0.2) is 0 Å². The average Bonchev–Trinajstić information content (AvgIpc) is 2.49. The van der Waals surface area contributed by atoms with Crippen molar-refractivity contribution < 1.29 is 14.3 Å². The second-order valence-corrected chi connectivity index (χ2v) is 5.89. The van der Waals surface area contributed by atoms with Gasteiger partial charge in [0.05, 0.1) is 19.1 Å². The number of carbonyl (C=O) groups is 2. The third kappa shape index (κ3) is 5.28. The molecule has 1 heterocycles. The lowest BCUT2D eigenvalue weighted by molar-refractivity contribution is -0.149. The monoisotopic (exact) mass is 297 g/mol. The molecule has 0 radical (unpaired) electrons. The van der Waals surface area contributed by atoms with Gasteiger partial charge in [-0.3, -0.25) is 14.5 Å². The molecule has 2 N–H and O–H groups in total. The summed E-state index contributed by atoms with van der Waals surface area (Å²) >= 11 is 0. The molecule has 6 nitrogen and oxygen atoms in total. The molecule has 2 aliphatic rings. The molecule has 0 aromatic heterocycles. The quantitative estimate of drug-likeness (QED) is 0.706. The Bertz CT molecular complexity index is 348.